The van der Waals surface area contributed by atoms with Crippen LogP contribution in [0.15, 0.2) is 48.5 Å². The highest BCUT2D eigenvalue weighted by molar-refractivity contribution is 5.68. The summed E-state index contributed by atoms with van der Waals surface area (Å²) in [5.41, 5.74) is 2.03. The molecule has 0 bridgehead atoms. The molecular weight excluding hydrogens is 316 g/mol. The first kappa shape index (κ1) is 18.8. The fourth-order valence-electron chi connectivity index (χ4n) is 2.89. The zero-order valence-corrected chi connectivity index (χ0v) is 14.9. The standard InChI is InChI=1S/C21H26O4/c1-3-4-10-17(13-21(22)23)19-12-11-18(14-20(19)24-2)25-15-16-8-6-5-7-9-16/h5-9,11-12,14,17H,3-4,10,13,15H2,1-2H3,(H,22,23). The van der Waals surface area contributed by atoms with E-state index < -0.39 is 5.97 Å². The third kappa shape index (κ3) is 5.82. The lowest BCUT2D eigenvalue weighted by Gasteiger charge is -2.19. The van der Waals surface area contributed by atoms with Crippen LogP contribution in [0.3, 0.4) is 0 Å². The molecule has 0 aliphatic carbocycles. The van der Waals surface area contributed by atoms with E-state index in [1.165, 1.54) is 0 Å². The predicted molar refractivity (Wildman–Crippen MR) is 98.3 cm³/mol. The lowest BCUT2D eigenvalue weighted by Crippen LogP contribution is -2.08. The van der Waals surface area contributed by atoms with Crippen LogP contribution in [0.4, 0.5) is 0 Å². The van der Waals surface area contributed by atoms with Gasteiger partial charge in [-0.1, -0.05) is 56.2 Å². The minimum Gasteiger partial charge on any atom is -0.496 e. The van der Waals surface area contributed by atoms with Crippen LogP contribution in [0.1, 0.15) is 49.7 Å². The van der Waals surface area contributed by atoms with Crippen LogP contribution < -0.4 is 9.47 Å². The highest BCUT2D eigenvalue weighted by atomic mass is 16.5. The largest absolute Gasteiger partial charge is 0.496 e. The van der Waals surface area contributed by atoms with Gasteiger partial charge in [-0.05, 0) is 29.5 Å². The molecule has 2 aromatic carbocycles. The summed E-state index contributed by atoms with van der Waals surface area (Å²) in [5, 5.41) is 9.21. The molecule has 1 unspecified atom stereocenters. The molecular formula is C21H26O4. The van der Waals surface area contributed by atoms with E-state index in [1.807, 2.05) is 48.5 Å². The molecule has 134 valence electrons. The lowest BCUT2D eigenvalue weighted by atomic mass is 9.90. The van der Waals surface area contributed by atoms with E-state index in [0.717, 1.165) is 30.4 Å². The number of aliphatic carboxylic acids is 1. The number of ether oxygens (including phenoxy) is 2. The predicted octanol–water partition coefficient (Wildman–Crippen LogP) is 5.02. The molecule has 4 heteroatoms. The van der Waals surface area contributed by atoms with E-state index in [1.54, 1.807) is 7.11 Å². The Kier molecular flexibility index (Phi) is 7.33. The Morgan fingerprint density at radius 1 is 1.16 bits per heavy atom. The third-order valence-electron chi connectivity index (χ3n) is 4.22. The quantitative estimate of drug-likeness (QED) is 0.658. The number of benzene rings is 2. The first-order chi connectivity index (χ1) is 12.1. The van der Waals surface area contributed by atoms with E-state index in [9.17, 15) is 9.90 Å². The molecule has 2 aromatic rings. The van der Waals surface area contributed by atoms with Crippen LogP contribution in [0.5, 0.6) is 11.5 Å². The monoisotopic (exact) mass is 342 g/mol. The SMILES string of the molecule is CCCCC(CC(=O)O)c1ccc(OCc2ccccc2)cc1OC. The Morgan fingerprint density at radius 3 is 2.56 bits per heavy atom. The minimum atomic E-state index is -0.785. The van der Waals surface area contributed by atoms with E-state index in [0.29, 0.717) is 18.1 Å². The second kappa shape index (κ2) is 9.72. The van der Waals surface area contributed by atoms with Gasteiger partial charge in [-0.3, -0.25) is 4.79 Å². The number of hydrogen-bond donors (Lipinski definition) is 1. The van der Waals surface area contributed by atoms with Crippen molar-refractivity contribution in [1.82, 2.24) is 0 Å². The van der Waals surface area contributed by atoms with Crippen LogP contribution in [0.2, 0.25) is 0 Å². The number of carbonyl (C=O) groups is 1. The number of rotatable bonds is 10. The molecule has 0 spiro atoms. The molecule has 4 nitrogen and oxygen atoms in total. The number of carboxylic acid groups (broad SMARTS) is 1. The maximum atomic E-state index is 11.2. The van der Waals surface area contributed by atoms with Gasteiger partial charge in [-0.2, -0.15) is 0 Å². The van der Waals surface area contributed by atoms with E-state index in [-0.39, 0.29) is 12.3 Å². The Labute approximate surface area is 149 Å². The molecule has 0 aliphatic heterocycles. The van der Waals surface area contributed by atoms with Gasteiger partial charge in [0.2, 0.25) is 0 Å². The van der Waals surface area contributed by atoms with Gasteiger partial charge in [-0.25, -0.2) is 0 Å². The smallest absolute Gasteiger partial charge is 0.303 e. The van der Waals surface area contributed by atoms with Crippen molar-refractivity contribution in [1.29, 1.82) is 0 Å². The molecule has 1 N–H and O–H groups in total. The summed E-state index contributed by atoms with van der Waals surface area (Å²) >= 11 is 0. The molecule has 0 amide bonds. The van der Waals surface area contributed by atoms with Crippen LogP contribution in [0, 0.1) is 0 Å². The van der Waals surface area contributed by atoms with Crippen molar-refractivity contribution in [2.45, 2.75) is 45.1 Å². The summed E-state index contributed by atoms with van der Waals surface area (Å²) in [7, 11) is 1.61. The van der Waals surface area contributed by atoms with Gasteiger partial charge in [0, 0.05) is 6.07 Å². The lowest BCUT2D eigenvalue weighted by molar-refractivity contribution is -0.137. The average Bonchev–Trinajstić information content (AvgIpc) is 2.64. The number of unbranched alkanes of at least 4 members (excludes halogenated alkanes) is 1. The second-order valence-corrected chi connectivity index (χ2v) is 6.12. The molecule has 0 saturated heterocycles. The molecule has 0 heterocycles. The summed E-state index contributed by atoms with van der Waals surface area (Å²) in [6.07, 6.45) is 2.98. The van der Waals surface area contributed by atoms with Crippen LogP contribution in [-0.4, -0.2) is 18.2 Å². The van der Waals surface area contributed by atoms with Gasteiger partial charge >= 0.3 is 5.97 Å². The topological polar surface area (TPSA) is 55.8 Å². The number of methoxy groups -OCH3 is 1. The fourth-order valence-corrected chi connectivity index (χ4v) is 2.89. The minimum absolute atomic E-state index is 0.0458. The fraction of sp³-hybridized carbons (Fsp3) is 0.381. The van der Waals surface area contributed by atoms with Gasteiger partial charge in [0.15, 0.2) is 0 Å². The van der Waals surface area contributed by atoms with Crippen LogP contribution in [0.25, 0.3) is 0 Å². The van der Waals surface area contributed by atoms with Gasteiger partial charge in [-0.15, -0.1) is 0 Å². The summed E-state index contributed by atoms with van der Waals surface area (Å²) in [4.78, 5) is 11.2. The summed E-state index contributed by atoms with van der Waals surface area (Å²) < 4.78 is 11.3. The summed E-state index contributed by atoms with van der Waals surface area (Å²) in [6, 6.07) is 15.6. The van der Waals surface area contributed by atoms with Crippen molar-refractivity contribution in [2.75, 3.05) is 7.11 Å². The Balaban J connectivity index is 2.14. The zero-order valence-electron chi connectivity index (χ0n) is 14.9. The molecule has 1 atom stereocenters. The highest BCUT2D eigenvalue weighted by Gasteiger charge is 2.19. The number of carboxylic acids is 1. The van der Waals surface area contributed by atoms with Crippen molar-refractivity contribution < 1.29 is 19.4 Å². The van der Waals surface area contributed by atoms with E-state index in [2.05, 4.69) is 6.92 Å². The van der Waals surface area contributed by atoms with Crippen molar-refractivity contribution in [3.63, 3.8) is 0 Å². The summed E-state index contributed by atoms with van der Waals surface area (Å²) in [6.45, 7) is 2.59. The molecule has 0 aliphatic rings. The third-order valence-corrected chi connectivity index (χ3v) is 4.22. The van der Waals surface area contributed by atoms with Crippen LogP contribution in [-0.2, 0) is 11.4 Å². The Hall–Kier alpha value is -2.49. The van der Waals surface area contributed by atoms with Crippen LogP contribution >= 0.6 is 0 Å². The average molecular weight is 342 g/mol. The zero-order chi connectivity index (χ0) is 18.1. The van der Waals surface area contributed by atoms with Gasteiger partial charge in [0.25, 0.3) is 0 Å². The Bertz CT molecular complexity index is 667. The van der Waals surface area contributed by atoms with Crippen molar-refractivity contribution in [3.05, 3.63) is 59.7 Å². The van der Waals surface area contributed by atoms with Crippen molar-refractivity contribution in [3.8, 4) is 11.5 Å². The van der Waals surface area contributed by atoms with Gasteiger partial charge in [0.1, 0.15) is 18.1 Å². The highest BCUT2D eigenvalue weighted by Crippen LogP contribution is 2.35. The molecule has 2 rings (SSSR count). The molecule has 25 heavy (non-hydrogen) atoms. The van der Waals surface area contributed by atoms with Gasteiger partial charge < -0.3 is 14.6 Å². The molecule has 0 saturated carbocycles. The first-order valence-electron chi connectivity index (χ1n) is 8.70. The van der Waals surface area contributed by atoms with Gasteiger partial charge in [0.05, 0.1) is 13.5 Å². The first-order valence-corrected chi connectivity index (χ1v) is 8.70. The molecule has 0 radical (unpaired) electrons. The normalized spacial score (nSPS) is 11.8. The number of hydrogen-bond acceptors (Lipinski definition) is 3. The molecule has 0 aromatic heterocycles. The second-order valence-electron chi connectivity index (χ2n) is 6.12. The van der Waals surface area contributed by atoms with Crippen molar-refractivity contribution >= 4 is 5.97 Å². The summed E-state index contributed by atoms with van der Waals surface area (Å²) in [5.74, 6) is 0.574. The molecule has 0 fully saturated rings. The van der Waals surface area contributed by atoms with E-state index >= 15 is 0 Å². The van der Waals surface area contributed by atoms with E-state index in [4.69, 9.17) is 9.47 Å². The van der Waals surface area contributed by atoms with Crippen molar-refractivity contribution in [2.24, 2.45) is 0 Å². The Morgan fingerprint density at radius 2 is 1.92 bits per heavy atom. The maximum absolute atomic E-state index is 11.2. The maximum Gasteiger partial charge on any atom is 0.303 e.